The Hall–Kier alpha value is -2.88. The Bertz CT molecular complexity index is 963. The van der Waals surface area contributed by atoms with Crippen LogP contribution in [0.3, 0.4) is 0 Å². The summed E-state index contributed by atoms with van der Waals surface area (Å²) in [6.07, 6.45) is 1.85. The Balaban J connectivity index is 2.03. The first-order chi connectivity index (χ1) is 12.5. The van der Waals surface area contributed by atoms with E-state index < -0.39 is 12.0 Å². The number of ether oxygens (including phenoxy) is 3. The number of hydrogen-bond acceptors (Lipinski definition) is 7. The van der Waals surface area contributed by atoms with E-state index in [4.69, 9.17) is 14.2 Å². The van der Waals surface area contributed by atoms with Crippen LogP contribution in [0, 0.1) is 5.82 Å². The molecular weight excluding hydrogens is 411 g/mol. The van der Waals surface area contributed by atoms with Gasteiger partial charge in [0.25, 0.3) is 0 Å². The molecule has 1 N–H and O–H groups in total. The number of fused-ring (bicyclic) bond motifs is 1. The van der Waals surface area contributed by atoms with Gasteiger partial charge < -0.3 is 19.5 Å². The lowest BCUT2D eigenvalue weighted by atomic mass is 10.3. The van der Waals surface area contributed by atoms with Gasteiger partial charge in [-0.3, -0.25) is 0 Å². The minimum Gasteiger partial charge on any atom is -0.491 e. The van der Waals surface area contributed by atoms with Crippen LogP contribution in [0.1, 0.15) is 6.92 Å². The predicted molar refractivity (Wildman–Crippen MR) is 94.6 cm³/mol. The number of carbonyl (C=O) groups excluding carboxylic acids is 1. The van der Waals surface area contributed by atoms with Gasteiger partial charge in [0.2, 0.25) is 0 Å². The summed E-state index contributed by atoms with van der Waals surface area (Å²) in [5, 5.41) is 6.94. The van der Waals surface area contributed by atoms with Crippen molar-refractivity contribution in [1.82, 2.24) is 14.6 Å². The van der Waals surface area contributed by atoms with Gasteiger partial charge >= 0.3 is 6.16 Å². The number of halogens is 2. The minimum absolute atomic E-state index is 0.103. The highest BCUT2D eigenvalue weighted by Gasteiger charge is 2.21. The number of hydrogen-bond donors (Lipinski definition) is 1. The summed E-state index contributed by atoms with van der Waals surface area (Å²) in [4.78, 5) is 15.7. The summed E-state index contributed by atoms with van der Waals surface area (Å²) in [6.45, 7) is 1.83. The predicted octanol–water partition coefficient (Wildman–Crippen LogP) is 3.92. The first-order valence-electron chi connectivity index (χ1n) is 7.50. The van der Waals surface area contributed by atoms with Crippen molar-refractivity contribution in [2.75, 3.05) is 19.0 Å². The van der Waals surface area contributed by atoms with E-state index in [9.17, 15) is 9.18 Å². The summed E-state index contributed by atoms with van der Waals surface area (Å²) in [7, 11) is 1.41. The fourth-order valence-corrected chi connectivity index (χ4v) is 2.61. The fourth-order valence-electron chi connectivity index (χ4n) is 2.28. The lowest BCUT2D eigenvalue weighted by molar-refractivity contribution is 0.103. The molecule has 0 aliphatic carbocycles. The average Bonchev–Trinajstić information content (AvgIpc) is 2.95. The molecule has 0 radical (unpaired) electrons. The number of carbonyl (C=O) groups is 1. The van der Waals surface area contributed by atoms with E-state index in [1.54, 1.807) is 19.1 Å². The monoisotopic (exact) mass is 424 g/mol. The third-order valence-corrected chi connectivity index (χ3v) is 3.83. The summed E-state index contributed by atoms with van der Waals surface area (Å²) in [5.41, 5.74) is 0.585. The van der Waals surface area contributed by atoms with Crippen LogP contribution in [0.15, 0.2) is 35.2 Å². The van der Waals surface area contributed by atoms with Gasteiger partial charge in [-0.15, -0.1) is 0 Å². The maximum Gasteiger partial charge on any atom is 0.514 e. The van der Waals surface area contributed by atoms with Gasteiger partial charge in [0.15, 0.2) is 22.8 Å². The van der Waals surface area contributed by atoms with Crippen molar-refractivity contribution in [3.8, 4) is 11.5 Å². The van der Waals surface area contributed by atoms with Crippen LogP contribution in [0.4, 0.5) is 20.7 Å². The van der Waals surface area contributed by atoms with Gasteiger partial charge in [-0.1, -0.05) is 15.9 Å². The van der Waals surface area contributed by atoms with E-state index in [2.05, 4.69) is 31.3 Å². The highest BCUT2D eigenvalue weighted by Crippen LogP contribution is 2.38. The van der Waals surface area contributed by atoms with E-state index in [-0.39, 0.29) is 29.6 Å². The van der Waals surface area contributed by atoms with Gasteiger partial charge in [0.1, 0.15) is 12.1 Å². The molecule has 1 aromatic carbocycles. The number of nitrogens with one attached hydrogen (secondary N) is 1. The molecule has 136 valence electrons. The number of methoxy groups -OCH3 is 1. The molecule has 2 heterocycles. The molecule has 0 saturated carbocycles. The molecule has 0 bridgehead atoms. The van der Waals surface area contributed by atoms with Gasteiger partial charge in [-0.25, -0.2) is 18.7 Å². The highest BCUT2D eigenvalue weighted by atomic mass is 79.9. The van der Waals surface area contributed by atoms with Crippen molar-refractivity contribution in [2.45, 2.75) is 6.92 Å². The summed E-state index contributed by atoms with van der Waals surface area (Å²) >= 11 is 3.21. The Kier molecular flexibility index (Phi) is 5.21. The van der Waals surface area contributed by atoms with Gasteiger partial charge in [-0.05, 0) is 25.1 Å². The van der Waals surface area contributed by atoms with Crippen molar-refractivity contribution in [3.63, 3.8) is 0 Å². The molecule has 0 amide bonds. The SMILES string of the molecule is CCOC(=O)Oc1cn2ncnc(Nc3ccc(Br)cc3F)c2c1OC. The first-order valence-corrected chi connectivity index (χ1v) is 8.29. The third kappa shape index (κ3) is 3.54. The average molecular weight is 425 g/mol. The maximum atomic E-state index is 14.1. The molecule has 0 saturated heterocycles. The normalized spacial score (nSPS) is 10.6. The summed E-state index contributed by atoms with van der Waals surface area (Å²) in [5.74, 6) is 0.117. The lowest BCUT2D eigenvalue weighted by Gasteiger charge is -2.09. The molecule has 26 heavy (non-hydrogen) atoms. The molecular formula is C16H14BrFN4O4. The zero-order chi connectivity index (χ0) is 18.7. The number of benzene rings is 1. The first kappa shape index (κ1) is 17.9. The van der Waals surface area contributed by atoms with Gasteiger partial charge in [-0.2, -0.15) is 5.10 Å². The molecule has 10 heteroatoms. The van der Waals surface area contributed by atoms with Crippen LogP contribution in [-0.2, 0) is 4.74 Å². The Labute approximate surface area is 156 Å². The van der Waals surface area contributed by atoms with E-state index in [1.165, 1.54) is 30.2 Å². The Morgan fingerprint density at radius 3 is 2.92 bits per heavy atom. The third-order valence-electron chi connectivity index (χ3n) is 3.34. The number of nitrogens with zero attached hydrogens (tertiary/aromatic N) is 3. The van der Waals surface area contributed by atoms with Crippen molar-refractivity contribution in [2.24, 2.45) is 0 Å². The van der Waals surface area contributed by atoms with Crippen LogP contribution in [0.5, 0.6) is 11.5 Å². The Morgan fingerprint density at radius 1 is 1.42 bits per heavy atom. The van der Waals surface area contributed by atoms with E-state index in [0.29, 0.717) is 9.99 Å². The second-order valence-corrected chi connectivity index (χ2v) is 5.88. The molecule has 0 unspecified atom stereocenters. The van der Waals surface area contributed by atoms with Crippen molar-refractivity contribution < 1.29 is 23.4 Å². The molecule has 0 fully saturated rings. The largest absolute Gasteiger partial charge is 0.514 e. The molecule has 0 spiro atoms. The van der Waals surface area contributed by atoms with Crippen LogP contribution in [-0.4, -0.2) is 34.5 Å². The number of anilines is 2. The van der Waals surface area contributed by atoms with Gasteiger partial charge in [0, 0.05) is 4.47 Å². The minimum atomic E-state index is -0.872. The quantitative estimate of drug-likeness (QED) is 0.620. The van der Waals surface area contributed by atoms with E-state index >= 15 is 0 Å². The number of aromatic nitrogens is 3. The fraction of sp³-hybridized carbons (Fsp3) is 0.188. The molecule has 2 aromatic heterocycles. The lowest BCUT2D eigenvalue weighted by Crippen LogP contribution is -2.10. The van der Waals surface area contributed by atoms with Crippen molar-refractivity contribution in [1.29, 1.82) is 0 Å². The highest BCUT2D eigenvalue weighted by molar-refractivity contribution is 9.10. The molecule has 0 atom stereocenters. The summed E-state index contributed by atoms with van der Waals surface area (Å²) in [6, 6.07) is 4.57. The summed E-state index contributed by atoms with van der Waals surface area (Å²) < 4.78 is 31.3. The van der Waals surface area contributed by atoms with Crippen LogP contribution < -0.4 is 14.8 Å². The van der Waals surface area contributed by atoms with Crippen LogP contribution >= 0.6 is 15.9 Å². The smallest absolute Gasteiger partial charge is 0.491 e. The Morgan fingerprint density at radius 2 is 2.23 bits per heavy atom. The second kappa shape index (κ2) is 7.56. The standard InChI is InChI=1S/C16H14BrFN4O4/c1-3-25-16(23)26-12-7-22-13(14(12)24-2)15(19-8-20-22)21-11-5-4-9(17)6-10(11)18/h4-8H,3H2,1-2H3,(H,19,20,21). The number of rotatable bonds is 5. The van der Waals surface area contributed by atoms with Gasteiger partial charge in [0.05, 0.1) is 25.6 Å². The van der Waals surface area contributed by atoms with E-state index in [1.807, 2.05) is 0 Å². The van der Waals surface area contributed by atoms with Crippen LogP contribution in [0.2, 0.25) is 0 Å². The molecule has 0 aliphatic heterocycles. The van der Waals surface area contributed by atoms with Crippen LogP contribution in [0.25, 0.3) is 5.52 Å². The second-order valence-electron chi connectivity index (χ2n) is 4.96. The molecule has 3 aromatic rings. The molecule has 0 aliphatic rings. The maximum absolute atomic E-state index is 14.1. The van der Waals surface area contributed by atoms with Crippen molar-refractivity contribution in [3.05, 3.63) is 41.0 Å². The topological polar surface area (TPSA) is 87.0 Å². The zero-order valence-corrected chi connectivity index (χ0v) is 15.4. The zero-order valence-electron chi connectivity index (χ0n) is 13.8. The molecule has 3 rings (SSSR count). The van der Waals surface area contributed by atoms with E-state index in [0.717, 1.165) is 0 Å². The molecule has 8 nitrogen and oxygen atoms in total. The van der Waals surface area contributed by atoms with Crippen molar-refractivity contribution >= 4 is 39.1 Å².